The molecule has 2 N–H and O–H groups in total. The molecule has 2 aliphatic heterocycles. The fourth-order valence-corrected chi connectivity index (χ4v) is 8.29. The molecule has 1 aliphatic carbocycles. The summed E-state index contributed by atoms with van der Waals surface area (Å²) >= 11 is 3.20. The van der Waals surface area contributed by atoms with Gasteiger partial charge in [0.15, 0.2) is 6.04 Å². The predicted molar refractivity (Wildman–Crippen MR) is 164 cm³/mol. The third kappa shape index (κ3) is 7.16. The highest BCUT2D eigenvalue weighted by atomic mass is 32.2. The van der Waals surface area contributed by atoms with Gasteiger partial charge in [0, 0.05) is 50.8 Å². The maximum atomic E-state index is 14.3. The fraction of sp³-hybridized carbons (Fsp3) is 0.600. The minimum atomic E-state index is -0.993. The van der Waals surface area contributed by atoms with Crippen LogP contribution in [0.3, 0.4) is 0 Å². The molecule has 1 saturated heterocycles. The van der Waals surface area contributed by atoms with E-state index >= 15 is 0 Å². The summed E-state index contributed by atoms with van der Waals surface area (Å²) in [5.41, 5.74) is 0.779. The van der Waals surface area contributed by atoms with Crippen molar-refractivity contribution >= 4 is 41.3 Å². The molecule has 2 unspecified atom stereocenters. The highest BCUT2D eigenvalue weighted by Gasteiger charge is 2.49. The number of rotatable bonds is 11. The van der Waals surface area contributed by atoms with Crippen molar-refractivity contribution in [3.8, 4) is 0 Å². The van der Waals surface area contributed by atoms with Crippen LogP contribution in [0.15, 0.2) is 45.0 Å². The van der Waals surface area contributed by atoms with Gasteiger partial charge in [-0.05, 0) is 24.8 Å². The molecule has 0 bridgehead atoms. The van der Waals surface area contributed by atoms with E-state index in [1.165, 1.54) is 6.92 Å². The average Bonchev–Trinajstić information content (AvgIpc) is 3.64. The number of amides is 1. The number of methoxy groups -OCH3 is 1. The quantitative estimate of drug-likeness (QED) is 0.290. The minimum absolute atomic E-state index is 0.0307. The standard InChI is InChI=1S/C30H41N5O5S2/c1-21(36)40-17-23-18-42-29(33-23)41-15-11-24-16-31-13-14-34(24)28(37)26-27(22-8-4-3-5-9-22)35(20-32-26)25-10-6-7-12-30(25,38)19-39-2/h3-5,8-9,18,20,24-27,31,38H,6-7,10-17,19H2,1-2H3/t24-,25-,26?,27?,30-/m1/s1. The molecule has 3 aliphatic rings. The number of nitrogens with one attached hydrogen (secondary N) is 1. The average molecular weight is 616 g/mol. The molecular weight excluding hydrogens is 574 g/mol. The Morgan fingerprint density at radius 1 is 1.26 bits per heavy atom. The van der Waals surface area contributed by atoms with Crippen molar-refractivity contribution in [2.45, 2.75) is 79.7 Å². The first-order valence-corrected chi connectivity index (χ1v) is 16.5. The van der Waals surface area contributed by atoms with Gasteiger partial charge in [-0.25, -0.2) is 4.98 Å². The lowest BCUT2D eigenvalue weighted by Crippen LogP contribution is -2.59. The molecule has 12 heteroatoms. The van der Waals surface area contributed by atoms with Crippen LogP contribution in [0, 0.1) is 0 Å². The van der Waals surface area contributed by atoms with Gasteiger partial charge < -0.3 is 29.7 Å². The lowest BCUT2D eigenvalue weighted by molar-refractivity contribution is -0.142. The molecular formula is C30H41N5O5S2. The van der Waals surface area contributed by atoms with E-state index in [2.05, 4.69) is 27.3 Å². The van der Waals surface area contributed by atoms with E-state index < -0.39 is 11.6 Å². The van der Waals surface area contributed by atoms with Crippen molar-refractivity contribution in [2.75, 3.05) is 39.1 Å². The van der Waals surface area contributed by atoms with Gasteiger partial charge >= 0.3 is 5.97 Å². The van der Waals surface area contributed by atoms with Crippen LogP contribution >= 0.6 is 23.1 Å². The number of hydrogen-bond donors (Lipinski definition) is 2. The van der Waals surface area contributed by atoms with Gasteiger partial charge in [0.05, 0.1) is 30.7 Å². The number of hydrogen-bond acceptors (Lipinski definition) is 11. The number of piperazine rings is 1. The van der Waals surface area contributed by atoms with E-state index in [0.717, 1.165) is 60.1 Å². The minimum Gasteiger partial charge on any atom is -0.459 e. The molecule has 0 radical (unpaired) electrons. The lowest BCUT2D eigenvalue weighted by Gasteiger charge is -2.47. The molecule has 1 aromatic heterocycles. The van der Waals surface area contributed by atoms with Crippen LogP contribution < -0.4 is 5.32 Å². The molecule has 5 rings (SSSR count). The summed E-state index contributed by atoms with van der Waals surface area (Å²) in [5, 5.41) is 17.0. The number of carbonyl (C=O) groups excluding carboxylic acids is 2. The number of carbonyl (C=O) groups is 2. The maximum Gasteiger partial charge on any atom is 0.303 e. The summed E-state index contributed by atoms with van der Waals surface area (Å²) in [4.78, 5) is 38.9. The van der Waals surface area contributed by atoms with Crippen molar-refractivity contribution < 1.29 is 24.2 Å². The monoisotopic (exact) mass is 615 g/mol. The van der Waals surface area contributed by atoms with Crippen molar-refractivity contribution in [3.63, 3.8) is 0 Å². The number of thioether (sulfide) groups is 1. The Hall–Kier alpha value is -2.51. The number of ether oxygens (including phenoxy) is 2. The van der Waals surface area contributed by atoms with Crippen LogP contribution in [0.25, 0.3) is 0 Å². The zero-order valence-corrected chi connectivity index (χ0v) is 25.9. The summed E-state index contributed by atoms with van der Waals surface area (Å²) < 4.78 is 11.4. The number of aliphatic imine (C=N–C) groups is 1. The topological polar surface area (TPSA) is 117 Å². The zero-order valence-electron chi connectivity index (χ0n) is 24.3. The maximum absolute atomic E-state index is 14.3. The van der Waals surface area contributed by atoms with Gasteiger partial charge in [-0.2, -0.15) is 0 Å². The van der Waals surface area contributed by atoms with E-state index in [9.17, 15) is 14.7 Å². The van der Waals surface area contributed by atoms with Crippen LogP contribution in [0.5, 0.6) is 0 Å². The molecule has 1 saturated carbocycles. The van der Waals surface area contributed by atoms with E-state index in [1.807, 2.05) is 28.5 Å². The number of aromatic nitrogens is 1. The SMILES string of the molecule is COC[C@]1(O)CCCC[C@H]1N1C=NC(C(=O)N2CCNC[C@H]2CCSc2nc(COC(C)=O)cs2)C1c1ccccc1. The zero-order chi connectivity index (χ0) is 29.5. The van der Waals surface area contributed by atoms with Crippen LogP contribution in [0.4, 0.5) is 0 Å². The van der Waals surface area contributed by atoms with Crippen LogP contribution in [-0.2, 0) is 25.7 Å². The van der Waals surface area contributed by atoms with E-state index in [4.69, 9.17) is 14.5 Å². The first-order chi connectivity index (χ1) is 20.4. The number of nitrogens with zero attached hydrogens (tertiary/aromatic N) is 4. The largest absolute Gasteiger partial charge is 0.459 e. The summed E-state index contributed by atoms with van der Waals surface area (Å²) in [6.45, 7) is 3.93. The highest BCUT2D eigenvalue weighted by molar-refractivity contribution is 8.01. The Morgan fingerprint density at radius 2 is 2.10 bits per heavy atom. The predicted octanol–water partition coefficient (Wildman–Crippen LogP) is 3.26. The van der Waals surface area contributed by atoms with Gasteiger partial charge in [0.2, 0.25) is 5.91 Å². The second-order valence-corrected chi connectivity index (χ2v) is 13.4. The van der Waals surface area contributed by atoms with Gasteiger partial charge in [-0.1, -0.05) is 54.9 Å². The molecule has 10 nitrogen and oxygen atoms in total. The summed E-state index contributed by atoms with van der Waals surface area (Å²) in [5.74, 6) is 0.522. The number of thiazole rings is 1. The number of benzene rings is 1. The molecule has 2 fully saturated rings. The highest BCUT2D eigenvalue weighted by Crippen LogP contribution is 2.41. The Morgan fingerprint density at radius 3 is 2.88 bits per heavy atom. The molecule has 1 aromatic carbocycles. The lowest BCUT2D eigenvalue weighted by atomic mass is 9.79. The molecule has 228 valence electrons. The Bertz CT molecular complexity index is 1230. The van der Waals surface area contributed by atoms with Gasteiger partial charge in [-0.3, -0.25) is 14.6 Å². The molecule has 0 spiro atoms. The summed E-state index contributed by atoms with van der Waals surface area (Å²) in [7, 11) is 1.63. The van der Waals surface area contributed by atoms with Crippen molar-refractivity contribution in [2.24, 2.45) is 4.99 Å². The molecule has 1 amide bonds. The Balaban J connectivity index is 1.29. The van der Waals surface area contributed by atoms with Gasteiger partial charge in [0.25, 0.3) is 0 Å². The van der Waals surface area contributed by atoms with Gasteiger partial charge in [-0.15, -0.1) is 11.3 Å². The molecule has 3 heterocycles. The second-order valence-electron chi connectivity index (χ2n) is 11.2. The third-order valence-electron chi connectivity index (χ3n) is 8.35. The first kappa shape index (κ1) is 30.9. The van der Waals surface area contributed by atoms with Crippen LogP contribution in [0.2, 0.25) is 0 Å². The Labute approximate surface area is 255 Å². The third-order valence-corrected chi connectivity index (χ3v) is 10.5. The van der Waals surface area contributed by atoms with E-state index in [1.54, 1.807) is 36.5 Å². The molecule has 5 atom stereocenters. The first-order valence-electron chi connectivity index (χ1n) is 14.7. The normalized spacial score (nSPS) is 27.8. The van der Waals surface area contributed by atoms with Crippen molar-refractivity contribution in [1.82, 2.24) is 20.1 Å². The van der Waals surface area contributed by atoms with Crippen LogP contribution in [0.1, 0.15) is 56.3 Å². The van der Waals surface area contributed by atoms with Gasteiger partial charge in [0.1, 0.15) is 16.5 Å². The smallest absolute Gasteiger partial charge is 0.303 e. The Kier molecular flexibility index (Phi) is 10.5. The molecule has 2 aromatic rings. The van der Waals surface area contributed by atoms with Crippen LogP contribution in [-0.4, -0.2) is 101 Å². The summed E-state index contributed by atoms with van der Waals surface area (Å²) in [6, 6.07) is 9.07. The fourth-order valence-electron chi connectivity index (χ4n) is 6.35. The van der Waals surface area contributed by atoms with E-state index in [0.29, 0.717) is 13.0 Å². The van der Waals surface area contributed by atoms with Crippen molar-refractivity contribution in [1.29, 1.82) is 0 Å². The molecule has 42 heavy (non-hydrogen) atoms. The summed E-state index contributed by atoms with van der Waals surface area (Å²) in [6.07, 6.45) is 6.08. The van der Waals surface area contributed by atoms with E-state index in [-0.39, 0.29) is 43.2 Å². The number of aliphatic hydroxyl groups is 1. The number of esters is 1. The second kappa shape index (κ2) is 14.3. The van der Waals surface area contributed by atoms with Crippen molar-refractivity contribution in [3.05, 3.63) is 47.0 Å².